The number of nitrogens with two attached hydrogens (primary N) is 1. The van der Waals surface area contributed by atoms with Gasteiger partial charge in [0.1, 0.15) is 0 Å². The molecule has 22 heavy (non-hydrogen) atoms. The molecule has 1 fully saturated rings. The fourth-order valence-corrected chi connectivity index (χ4v) is 3.69. The van der Waals surface area contributed by atoms with Crippen LogP contribution in [0.25, 0.3) is 0 Å². The number of nitrogens with zero attached hydrogens (tertiary/aromatic N) is 2. The summed E-state index contributed by atoms with van der Waals surface area (Å²) in [5.74, 6) is 0.215. The second kappa shape index (κ2) is 5.67. The van der Waals surface area contributed by atoms with Gasteiger partial charge in [-0.15, -0.1) is 0 Å². The minimum atomic E-state index is 0.180. The van der Waals surface area contributed by atoms with Crippen LogP contribution in [0.3, 0.4) is 0 Å². The van der Waals surface area contributed by atoms with Crippen LogP contribution in [0.5, 0.6) is 0 Å². The van der Waals surface area contributed by atoms with Crippen LogP contribution >= 0.6 is 0 Å². The number of fused-ring (bicyclic) bond motifs is 1. The van der Waals surface area contributed by atoms with Crippen molar-refractivity contribution >= 4 is 11.6 Å². The van der Waals surface area contributed by atoms with Crippen LogP contribution in [-0.2, 0) is 17.8 Å². The molecule has 120 valence electrons. The highest BCUT2D eigenvalue weighted by Crippen LogP contribution is 2.31. The molecule has 0 aliphatic carbocycles. The number of piperidine rings is 1. The average Bonchev–Trinajstić information content (AvgIpc) is 2.47. The number of likely N-dealkylation sites (tertiary alicyclic amines) is 1. The molecule has 1 atom stereocenters. The number of rotatable bonds is 2. The van der Waals surface area contributed by atoms with E-state index >= 15 is 0 Å². The van der Waals surface area contributed by atoms with Crippen LogP contribution in [0.15, 0.2) is 18.2 Å². The lowest BCUT2D eigenvalue weighted by Crippen LogP contribution is -2.52. The van der Waals surface area contributed by atoms with Crippen molar-refractivity contribution < 1.29 is 4.79 Å². The Labute approximate surface area is 133 Å². The van der Waals surface area contributed by atoms with Gasteiger partial charge in [-0.25, -0.2) is 0 Å². The van der Waals surface area contributed by atoms with Crippen molar-refractivity contribution in [2.75, 3.05) is 25.0 Å². The Morgan fingerprint density at radius 3 is 2.82 bits per heavy atom. The van der Waals surface area contributed by atoms with Gasteiger partial charge >= 0.3 is 0 Å². The molecule has 1 aromatic carbocycles. The van der Waals surface area contributed by atoms with E-state index in [0.717, 1.165) is 38.2 Å². The molecule has 4 nitrogen and oxygen atoms in total. The maximum atomic E-state index is 11.8. The fourth-order valence-electron chi connectivity index (χ4n) is 3.69. The number of hydrogen-bond donors (Lipinski definition) is 1. The van der Waals surface area contributed by atoms with Crippen LogP contribution in [0, 0.1) is 5.41 Å². The van der Waals surface area contributed by atoms with E-state index in [9.17, 15) is 4.79 Å². The van der Waals surface area contributed by atoms with Gasteiger partial charge in [0.2, 0.25) is 5.91 Å². The zero-order valence-corrected chi connectivity index (χ0v) is 13.9. The van der Waals surface area contributed by atoms with Crippen molar-refractivity contribution in [3.8, 4) is 0 Å². The van der Waals surface area contributed by atoms with Crippen molar-refractivity contribution in [3.63, 3.8) is 0 Å². The highest BCUT2D eigenvalue weighted by Gasteiger charge is 2.33. The van der Waals surface area contributed by atoms with Gasteiger partial charge in [0.05, 0.1) is 0 Å². The molecular formula is C18H27N3O. The first-order valence-electron chi connectivity index (χ1n) is 8.23. The van der Waals surface area contributed by atoms with Gasteiger partial charge in [-0.3, -0.25) is 9.69 Å². The van der Waals surface area contributed by atoms with Crippen LogP contribution < -0.4 is 10.6 Å². The smallest absolute Gasteiger partial charge is 0.227 e. The van der Waals surface area contributed by atoms with Gasteiger partial charge < -0.3 is 10.6 Å². The largest absolute Gasteiger partial charge is 0.327 e. The van der Waals surface area contributed by atoms with E-state index in [2.05, 4.69) is 36.9 Å². The first kappa shape index (κ1) is 15.5. The van der Waals surface area contributed by atoms with Crippen molar-refractivity contribution in [3.05, 3.63) is 29.3 Å². The van der Waals surface area contributed by atoms with Crippen molar-refractivity contribution in [1.82, 2.24) is 4.90 Å². The summed E-state index contributed by atoms with van der Waals surface area (Å²) in [5, 5.41) is 0. The lowest BCUT2D eigenvalue weighted by atomic mass is 9.79. The summed E-state index contributed by atoms with van der Waals surface area (Å²) >= 11 is 0. The summed E-state index contributed by atoms with van der Waals surface area (Å²) in [6.07, 6.45) is 2.55. The van der Waals surface area contributed by atoms with Crippen LogP contribution in [-0.4, -0.2) is 37.0 Å². The summed E-state index contributed by atoms with van der Waals surface area (Å²) in [7, 11) is 1.87. The zero-order chi connectivity index (χ0) is 15.9. The van der Waals surface area contributed by atoms with E-state index in [1.165, 1.54) is 11.1 Å². The zero-order valence-electron chi connectivity index (χ0n) is 13.9. The second-order valence-electron chi connectivity index (χ2n) is 7.51. The number of carbonyl (C=O) groups excluding carboxylic acids is 1. The predicted molar refractivity (Wildman–Crippen MR) is 89.8 cm³/mol. The van der Waals surface area contributed by atoms with Crippen molar-refractivity contribution in [2.24, 2.45) is 11.1 Å². The summed E-state index contributed by atoms with van der Waals surface area (Å²) < 4.78 is 0. The summed E-state index contributed by atoms with van der Waals surface area (Å²) in [6, 6.07) is 6.84. The van der Waals surface area contributed by atoms with E-state index in [1.807, 2.05) is 7.05 Å². The highest BCUT2D eigenvalue weighted by atomic mass is 16.2. The maximum absolute atomic E-state index is 11.8. The molecule has 1 saturated heterocycles. The number of amides is 1. The topological polar surface area (TPSA) is 49.6 Å². The summed E-state index contributed by atoms with van der Waals surface area (Å²) in [4.78, 5) is 16.1. The van der Waals surface area contributed by atoms with E-state index in [-0.39, 0.29) is 11.3 Å². The second-order valence-corrected chi connectivity index (χ2v) is 7.51. The molecule has 4 heteroatoms. The number of hydrogen-bond acceptors (Lipinski definition) is 3. The average molecular weight is 301 g/mol. The Balaban J connectivity index is 1.73. The van der Waals surface area contributed by atoms with Crippen molar-refractivity contribution in [2.45, 2.75) is 45.7 Å². The van der Waals surface area contributed by atoms with Gasteiger partial charge in [-0.2, -0.15) is 0 Å². The minimum Gasteiger partial charge on any atom is -0.327 e. The lowest BCUT2D eigenvalue weighted by Gasteiger charge is -2.42. The Morgan fingerprint density at radius 2 is 2.09 bits per heavy atom. The van der Waals surface area contributed by atoms with Gasteiger partial charge in [-0.05, 0) is 35.4 Å². The molecule has 2 aliphatic heterocycles. The predicted octanol–water partition coefficient (Wildman–Crippen LogP) is 2.15. The molecule has 3 rings (SSSR count). The summed E-state index contributed by atoms with van der Waals surface area (Å²) in [5.41, 5.74) is 10.1. The number of benzene rings is 1. The molecule has 0 bridgehead atoms. The first-order chi connectivity index (χ1) is 10.4. The highest BCUT2D eigenvalue weighted by molar-refractivity contribution is 5.95. The van der Waals surface area contributed by atoms with Crippen molar-refractivity contribution in [1.29, 1.82) is 0 Å². The third kappa shape index (κ3) is 2.90. The lowest BCUT2D eigenvalue weighted by molar-refractivity contribution is -0.118. The van der Waals surface area contributed by atoms with Crippen LogP contribution in [0.4, 0.5) is 5.69 Å². The fraction of sp³-hybridized carbons (Fsp3) is 0.611. The number of carbonyl (C=O) groups is 1. The van der Waals surface area contributed by atoms with E-state index in [4.69, 9.17) is 5.73 Å². The molecule has 2 heterocycles. The Hall–Kier alpha value is -1.39. The molecule has 2 N–H and O–H groups in total. The number of aryl methyl sites for hydroxylation is 1. The third-order valence-corrected chi connectivity index (χ3v) is 5.28. The SMILES string of the molecule is CN1C(=O)CCc2cc(CN3CCC(N)C(C)(C)C3)ccc21. The Bertz CT molecular complexity index is 582. The molecular weight excluding hydrogens is 274 g/mol. The first-order valence-corrected chi connectivity index (χ1v) is 8.23. The van der Waals surface area contributed by atoms with Gasteiger partial charge in [0.25, 0.3) is 0 Å². The molecule has 0 saturated carbocycles. The van der Waals surface area contributed by atoms with Gasteiger partial charge in [0.15, 0.2) is 0 Å². The van der Waals surface area contributed by atoms with Crippen LogP contribution in [0.1, 0.15) is 37.8 Å². The Kier molecular flexibility index (Phi) is 4.00. The third-order valence-electron chi connectivity index (χ3n) is 5.28. The molecule has 1 amide bonds. The van der Waals surface area contributed by atoms with Gasteiger partial charge in [0, 0.05) is 44.8 Å². The van der Waals surface area contributed by atoms with Crippen LogP contribution in [0.2, 0.25) is 0 Å². The monoisotopic (exact) mass is 301 g/mol. The standard InChI is InChI=1S/C18H27N3O/c1-18(2)12-21(9-8-16(18)19)11-13-4-6-15-14(10-13)5-7-17(22)20(15)3/h4,6,10,16H,5,7-9,11-12,19H2,1-3H3. The normalized spacial score (nSPS) is 25.2. The number of anilines is 1. The molecule has 1 aromatic rings. The minimum absolute atomic E-state index is 0.180. The van der Waals surface area contributed by atoms with E-state index in [1.54, 1.807) is 4.90 Å². The molecule has 1 unspecified atom stereocenters. The van der Waals surface area contributed by atoms with E-state index in [0.29, 0.717) is 12.5 Å². The maximum Gasteiger partial charge on any atom is 0.227 e. The molecule has 0 spiro atoms. The quantitative estimate of drug-likeness (QED) is 0.910. The summed E-state index contributed by atoms with van der Waals surface area (Å²) in [6.45, 7) is 7.61. The molecule has 2 aliphatic rings. The van der Waals surface area contributed by atoms with E-state index < -0.39 is 0 Å². The Morgan fingerprint density at radius 1 is 1.32 bits per heavy atom. The molecule has 0 radical (unpaired) electrons. The van der Waals surface area contributed by atoms with Gasteiger partial charge in [-0.1, -0.05) is 26.0 Å². The molecule has 0 aromatic heterocycles.